The number of rotatable bonds is 20. The Morgan fingerprint density at radius 1 is 0.690 bits per heavy atom. The molecule has 0 aliphatic heterocycles. The lowest BCUT2D eigenvalue weighted by atomic mass is 10.0. The molecule has 1 rings (SSSR count). The van der Waals surface area contributed by atoms with Crippen LogP contribution < -0.4 is 0 Å². The summed E-state index contributed by atoms with van der Waals surface area (Å²) in [5, 5.41) is 0. The summed E-state index contributed by atoms with van der Waals surface area (Å²) < 4.78 is 0. The van der Waals surface area contributed by atoms with E-state index in [1.165, 1.54) is 120 Å². The third-order valence-electron chi connectivity index (χ3n) is 6.11. The Morgan fingerprint density at radius 3 is 1.62 bits per heavy atom. The van der Waals surface area contributed by atoms with Gasteiger partial charge in [0.05, 0.1) is 0 Å². The molecule has 0 aromatic heterocycles. The maximum Gasteiger partial charge on any atom is 0.0236 e. The van der Waals surface area contributed by atoms with Crippen LogP contribution in [0.4, 0.5) is 0 Å². The second kappa shape index (κ2) is 18.9. The summed E-state index contributed by atoms with van der Waals surface area (Å²) in [6.45, 7) is 8.45. The Labute approximate surface area is 183 Å². The van der Waals surface area contributed by atoms with E-state index in [4.69, 9.17) is 0 Å². The van der Waals surface area contributed by atoms with Crippen molar-refractivity contribution in [1.29, 1.82) is 0 Å². The van der Waals surface area contributed by atoms with Gasteiger partial charge in [0.25, 0.3) is 0 Å². The Bertz CT molecular complexity index is 493. The molecular formula is C28H49N. The van der Waals surface area contributed by atoms with E-state index in [-0.39, 0.29) is 0 Å². The summed E-state index contributed by atoms with van der Waals surface area (Å²) in [5.41, 5.74) is 2.66. The van der Waals surface area contributed by atoms with Crippen molar-refractivity contribution >= 4 is 6.08 Å². The van der Waals surface area contributed by atoms with Gasteiger partial charge in [0.1, 0.15) is 0 Å². The van der Waals surface area contributed by atoms with Gasteiger partial charge in [0.15, 0.2) is 0 Å². The monoisotopic (exact) mass is 399 g/mol. The van der Waals surface area contributed by atoms with E-state index in [2.05, 4.69) is 49.7 Å². The van der Waals surface area contributed by atoms with Crippen LogP contribution in [0.15, 0.2) is 30.8 Å². The lowest BCUT2D eigenvalue weighted by Crippen LogP contribution is -2.19. The Kier molecular flexibility index (Phi) is 16.9. The zero-order valence-electron chi connectivity index (χ0n) is 19.8. The molecule has 1 heteroatoms. The fourth-order valence-electron chi connectivity index (χ4n) is 4.18. The van der Waals surface area contributed by atoms with E-state index < -0.39 is 0 Å². The largest absolute Gasteiger partial charge is 0.302 e. The normalized spacial score (nSPS) is 11.3. The van der Waals surface area contributed by atoms with E-state index in [0.717, 1.165) is 6.54 Å². The fraction of sp³-hybridized carbons (Fsp3) is 0.714. The molecule has 1 aromatic rings. The van der Waals surface area contributed by atoms with Gasteiger partial charge < -0.3 is 4.90 Å². The van der Waals surface area contributed by atoms with Gasteiger partial charge in [0, 0.05) is 6.54 Å². The highest BCUT2D eigenvalue weighted by molar-refractivity contribution is 5.51. The maximum atomic E-state index is 3.93. The van der Waals surface area contributed by atoms with E-state index in [1.807, 2.05) is 6.08 Å². The van der Waals surface area contributed by atoms with Crippen molar-refractivity contribution in [1.82, 2.24) is 4.90 Å². The Morgan fingerprint density at radius 2 is 1.14 bits per heavy atom. The first-order valence-corrected chi connectivity index (χ1v) is 12.7. The first-order valence-electron chi connectivity index (χ1n) is 12.7. The summed E-state index contributed by atoms with van der Waals surface area (Å²) >= 11 is 0. The minimum absolute atomic E-state index is 1.03. The Balaban J connectivity index is 1.84. The molecule has 166 valence electrons. The minimum atomic E-state index is 1.03. The predicted octanol–water partition coefficient (Wildman–Crippen LogP) is 9.02. The van der Waals surface area contributed by atoms with Gasteiger partial charge in [-0.25, -0.2) is 0 Å². The second-order valence-corrected chi connectivity index (χ2v) is 8.94. The molecule has 0 heterocycles. The van der Waals surface area contributed by atoms with Gasteiger partial charge >= 0.3 is 0 Å². The van der Waals surface area contributed by atoms with Gasteiger partial charge in [0.2, 0.25) is 0 Å². The van der Waals surface area contributed by atoms with Crippen LogP contribution in [0.25, 0.3) is 6.08 Å². The maximum absolute atomic E-state index is 3.93. The van der Waals surface area contributed by atoms with Crippen molar-refractivity contribution in [2.45, 2.75) is 116 Å². The van der Waals surface area contributed by atoms with Crippen LogP contribution in [0.1, 0.15) is 121 Å². The number of nitrogens with zero attached hydrogens (tertiary/aromatic N) is 1. The van der Waals surface area contributed by atoms with Crippen molar-refractivity contribution in [3.05, 3.63) is 42.0 Å². The molecule has 0 saturated heterocycles. The molecule has 0 fully saturated rings. The van der Waals surface area contributed by atoms with Crippen LogP contribution in [0.3, 0.4) is 0 Å². The molecule has 0 aliphatic rings. The highest BCUT2D eigenvalue weighted by Gasteiger charge is 2.03. The van der Waals surface area contributed by atoms with Crippen LogP contribution >= 0.6 is 0 Å². The molecule has 0 amide bonds. The molecule has 0 aliphatic carbocycles. The van der Waals surface area contributed by atoms with E-state index in [1.54, 1.807) is 0 Å². The van der Waals surface area contributed by atoms with Crippen molar-refractivity contribution in [2.24, 2.45) is 0 Å². The quantitative estimate of drug-likeness (QED) is 0.198. The molecule has 29 heavy (non-hydrogen) atoms. The summed E-state index contributed by atoms with van der Waals surface area (Å²) in [6.07, 6.45) is 24.9. The zero-order chi connectivity index (χ0) is 21.0. The number of hydrogen-bond donors (Lipinski definition) is 0. The average Bonchev–Trinajstić information content (AvgIpc) is 2.74. The third-order valence-corrected chi connectivity index (χ3v) is 6.11. The van der Waals surface area contributed by atoms with Crippen LogP contribution in [0.5, 0.6) is 0 Å². The van der Waals surface area contributed by atoms with Gasteiger partial charge in [-0.05, 0) is 31.1 Å². The fourth-order valence-corrected chi connectivity index (χ4v) is 4.18. The number of hydrogen-bond acceptors (Lipinski definition) is 1. The summed E-state index contributed by atoms with van der Waals surface area (Å²) in [5.74, 6) is 0. The molecule has 0 bridgehead atoms. The number of benzene rings is 1. The highest BCUT2D eigenvalue weighted by atomic mass is 15.1. The van der Waals surface area contributed by atoms with Crippen LogP contribution in [0, 0.1) is 0 Å². The first-order chi connectivity index (χ1) is 14.3. The van der Waals surface area contributed by atoms with Crippen molar-refractivity contribution in [2.75, 3.05) is 13.6 Å². The van der Waals surface area contributed by atoms with E-state index >= 15 is 0 Å². The van der Waals surface area contributed by atoms with Crippen molar-refractivity contribution < 1.29 is 0 Å². The lowest BCUT2D eigenvalue weighted by molar-refractivity contribution is 0.316. The van der Waals surface area contributed by atoms with Crippen molar-refractivity contribution in [3.63, 3.8) is 0 Å². The summed E-state index contributed by atoms with van der Waals surface area (Å²) in [7, 11) is 2.24. The molecule has 0 unspecified atom stereocenters. The summed E-state index contributed by atoms with van der Waals surface area (Å²) in [6, 6.07) is 8.60. The van der Waals surface area contributed by atoms with Crippen molar-refractivity contribution in [3.8, 4) is 0 Å². The Hall–Kier alpha value is -1.08. The van der Waals surface area contributed by atoms with Gasteiger partial charge in [-0.15, -0.1) is 0 Å². The van der Waals surface area contributed by atoms with E-state index in [0.29, 0.717) is 0 Å². The van der Waals surface area contributed by atoms with Gasteiger partial charge in [-0.2, -0.15) is 0 Å². The molecular weight excluding hydrogens is 350 g/mol. The smallest absolute Gasteiger partial charge is 0.0236 e. The standard InChI is InChI=1S/C28H49N/c1-4-6-7-8-9-10-11-12-13-14-15-16-17-18-19-22-25-29(3)26-28-24-21-20-23-27(28)5-2/h5,20-21,23-24H,2,4,6-19,22,25-26H2,1,3H3. The molecule has 0 N–H and O–H groups in total. The van der Waals surface area contributed by atoms with Crippen LogP contribution in [0.2, 0.25) is 0 Å². The lowest BCUT2D eigenvalue weighted by Gasteiger charge is -2.18. The third kappa shape index (κ3) is 14.5. The van der Waals surface area contributed by atoms with Crippen LogP contribution in [-0.2, 0) is 6.54 Å². The zero-order valence-corrected chi connectivity index (χ0v) is 19.8. The molecule has 1 aromatic carbocycles. The van der Waals surface area contributed by atoms with Crippen LogP contribution in [-0.4, -0.2) is 18.5 Å². The molecule has 0 saturated carbocycles. The molecule has 1 nitrogen and oxygen atoms in total. The average molecular weight is 400 g/mol. The molecule has 0 atom stereocenters. The minimum Gasteiger partial charge on any atom is -0.302 e. The molecule has 0 radical (unpaired) electrons. The molecule has 0 spiro atoms. The van der Waals surface area contributed by atoms with Gasteiger partial charge in [-0.1, -0.05) is 140 Å². The topological polar surface area (TPSA) is 3.24 Å². The highest BCUT2D eigenvalue weighted by Crippen LogP contribution is 2.15. The van der Waals surface area contributed by atoms with Gasteiger partial charge in [-0.3, -0.25) is 0 Å². The predicted molar refractivity (Wildman–Crippen MR) is 132 cm³/mol. The number of unbranched alkanes of at least 4 members (excludes halogenated alkanes) is 15. The second-order valence-electron chi connectivity index (χ2n) is 8.94. The summed E-state index contributed by atoms with van der Waals surface area (Å²) in [4.78, 5) is 2.45. The SMILES string of the molecule is C=Cc1ccccc1CN(C)CCCCCCCCCCCCCCCCCC. The first kappa shape index (κ1) is 26.0. The van der Waals surface area contributed by atoms with E-state index in [9.17, 15) is 0 Å².